The third kappa shape index (κ3) is 5.12. The second kappa shape index (κ2) is 7.62. The van der Waals surface area contributed by atoms with E-state index in [0.29, 0.717) is 6.54 Å². The van der Waals surface area contributed by atoms with E-state index in [1.165, 1.54) is 0 Å². The monoisotopic (exact) mass is 284 g/mol. The van der Waals surface area contributed by atoms with Gasteiger partial charge in [-0.2, -0.15) is 0 Å². The Hall–Kier alpha value is -1.10. The third-order valence-electron chi connectivity index (χ3n) is 3.83. The summed E-state index contributed by atoms with van der Waals surface area (Å²) in [6.45, 7) is 10.1. The topological polar surface area (TPSA) is 60.9 Å². The van der Waals surface area contributed by atoms with Crippen molar-refractivity contribution in [1.82, 2.24) is 9.80 Å². The van der Waals surface area contributed by atoms with Gasteiger partial charge in [-0.25, -0.2) is 0 Å². The molecule has 5 heteroatoms. The zero-order valence-corrected chi connectivity index (χ0v) is 13.1. The minimum atomic E-state index is -0.742. The Morgan fingerprint density at radius 2 is 1.85 bits per heavy atom. The van der Waals surface area contributed by atoms with E-state index >= 15 is 0 Å². The van der Waals surface area contributed by atoms with Gasteiger partial charge >= 0.3 is 5.97 Å². The van der Waals surface area contributed by atoms with E-state index in [9.17, 15) is 9.59 Å². The summed E-state index contributed by atoms with van der Waals surface area (Å²) in [6.07, 6.45) is 2.15. The molecular weight excluding hydrogens is 256 g/mol. The number of carboxylic acids is 1. The Morgan fingerprint density at radius 1 is 1.25 bits per heavy atom. The van der Waals surface area contributed by atoms with Gasteiger partial charge < -0.3 is 10.0 Å². The number of carbonyl (C=O) groups is 2. The van der Waals surface area contributed by atoms with Gasteiger partial charge in [-0.05, 0) is 53.0 Å². The van der Waals surface area contributed by atoms with E-state index in [2.05, 4.69) is 4.90 Å². The van der Waals surface area contributed by atoms with Crippen LogP contribution >= 0.6 is 0 Å². The fraction of sp³-hybridized carbons (Fsp3) is 0.867. The first-order valence-corrected chi connectivity index (χ1v) is 7.56. The first-order chi connectivity index (χ1) is 9.31. The van der Waals surface area contributed by atoms with Crippen molar-refractivity contribution in [2.45, 2.75) is 59.0 Å². The molecule has 116 valence electrons. The van der Waals surface area contributed by atoms with Gasteiger partial charge in [0.05, 0.1) is 6.54 Å². The molecule has 1 atom stereocenters. The highest BCUT2D eigenvalue weighted by Gasteiger charge is 2.26. The van der Waals surface area contributed by atoms with Crippen LogP contribution in [-0.4, -0.2) is 58.5 Å². The van der Waals surface area contributed by atoms with Crippen LogP contribution in [0, 0.1) is 5.92 Å². The molecular formula is C15H28N2O3. The zero-order chi connectivity index (χ0) is 15.3. The lowest BCUT2D eigenvalue weighted by Gasteiger charge is -2.36. The van der Waals surface area contributed by atoms with Crippen LogP contribution in [0.2, 0.25) is 0 Å². The summed E-state index contributed by atoms with van der Waals surface area (Å²) in [5.41, 5.74) is 0. The van der Waals surface area contributed by atoms with E-state index in [0.717, 1.165) is 25.9 Å². The second-order valence-corrected chi connectivity index (χ2v) is 6.33. The van der Waals surface area contributed by atoms with Crippen molar-refractivity contribution < 1.29 is 14.7 Å². The Kier molecular flexibility index (Phi) is 6.46. The molecule has 1 amide bonds. The predicted molar refractivity (Wildman–Crippen MR) is 78.5 cm³/mol. The van der Waals surface area contributed by atoms with Crippen molar-refractivity contribution in [3.05, 3.63) is 0 Å². The number of nitrogens with zero attached hydrogens (tertiary/aromatic N) is 2. The van der Waals surface area contributed by atoms with Crippen LogP contribution < -0.4 is 0 Å². The average molecular weight is 284 g/mol. The number of aliphatic carboxylic acids is 1. The Morgan fingerprint density at radius 3 is 2.35 bits per heavy atom. The normalized spacial score (nSPS) is 20.4. The Labute approximate surface area is 121 Å². The molecule has 0 bridgehead atoms. The average Bonchev–Trinajstić information content (AvgIpc) is 2.26. The van der Waals surface area contributed by atoms with Crippen molar-refractivity contribution in [3.63, 3.8) is 0 Å². The highest BCUT2D eigenvalue weighted by Crippen LogP contribution is 2.20. The largest absolute Gasteiger partial charge is 0.481 e. The molecule has 0 aromatic rings. The number of hydrogen-bond acceptors (Lipinski definition) is 3. The minimum Gasteiger partial charge on any atom is -0.481 e. The number of carbonyl (C=O) groups excluding carboxylic acids is 1. The molecule has 1 heterocycles. The van der Waals surface area contributed by atoms with E-state index in [1.54, 1.807) is 0 Å². The van der Waals surface area contributed by atoms with E-state index in [4.69, 9.17) is 5.11 Å². The summed E-state index contributed by atoms with van der Waals surface area (Å²) in [6, 6.07) is 0.393. The number of carboxylic acid groups (broad SMARTS) is 1. The lowest BCUT2D eigenvalue weighted by atomic mass is 9.95. The molecule has 1 N–H and O–H groups in total. The third-order valence-corrected chi connectivity index (χ3v) is 3.83. The molecule has 1 fully saturated rings. The van der Waals surface area contributed by atoms with Gasteiger partial charge in [-0.15, -0.1) is 0 Å². The van der Waals surface area contributed by atoms with Crippen LogP contribution in [0.3, 0.4) is 0 Å². The molecule has 1 aliphatic heterocycles. The summed E-state index contributed by atoms with van der Waals surface area (Å²) >= 11 is 0. The molecule has 0 spiro atoms. The van der Waals surface area contributed by atoms with Crippen molar-refractivity contribution >= 4 is 11.9 Å². The Balaban J connectivity index is 2.54. The van der Waals surface area contributed by atoms with Crippen LogP contribution in [-0.2, 0) is 9.59 Å². The maximum atomic E-state index is 12.4. The second-order valence-electron chi connectivity index (χ2n) is 6.33. The van der Waals surface area contributed by atoms with Crippen LogP contribution in [0.1, 0.15) is 47.0 Å². The van der Waals surface area contributed by atoms with Crippen molar-refractivity contribution in [2.24, 2.45) is 5.92 Å². The quantitative estimate of drug-likeness (QED) is 0.808. The van der Waals surface area contributed by atoms with Crippen molar-refractivity contribution in [1.29, 1.82) is 0 Å². The number of piperidine rings is 1. The molecule has 1 aliphatic rings. The highest BCUT2D eigenvalue weighted by molar-refractivity contribution is 5.78. The number of hydrogen-bond donors (Lipinski definition) is 1. The number of likely N-dealkylation sites (tertiary alicyclic amines) is 1. The maximum Gasteiger partial charge on any atom is 0.303 e. The molecule has 5 nitrogen and oxygen atoms in total. The summed E-state index contributed by atoms with van der Waals surface area (Å²) in [4.78, 5) is 27.2. The summed E-state index contributed by atoms with van der Waals surface area (Å²) in [5.74, 6) is -0.416. The van der Waals surface area contributed by atoms with Crippen molar-refractivity contribution in [3.8, 4) is 0 Å². The molecule has 20 heavy (non-hydrogen) atoms. The summed E-state index contributed by atoms with van der Waals surface area (Å²) < 4.78 is 0. The van der Waals surface area contributed by atoms with Gasteiger partial charge in [-0.1, -0.05) is 0 Å². The van der Waals surface area contributed by atoms with Crippen molar-refractivity contribution in [2.75, 3.05) is 19.6 Å². The molecule has 1 saturated heterocycles. The predicted octanol–water partition coefficient (Wildman–Crippen LogP) is 1.82. The standard InChI is InChI=1S/C15H28N2O3/c1-11(2)17(12(3)4)14(18)10-16-7-5-6-13(9-16)8-15(19)20/h11-13H,5-10H2,1-4H3,(H,19,20). The van der Waals surface area contributed by atoms with E-state index < -0.39 is 5.97 Å². The molecule has 0 aliphatic carbocycles. The van der Waals surface area contributed by atoms with Gasteiger partial charge in [0, 0.05) is 25.0 Å². The molecule has 0 aromatic carbocycles. The zero-order valence-electron chi connectivity index (χ0n) is 13.1. The fourth-order valence-electron chi connectivity index (χ4n) is 3.15. The van der Waals surface area contributed by atoms with Crippen LogP contribution in [0.15, 0.2) is 0 Å². The lowest BCUT2D eigenvalue weighted by molar-refractivity contribution is -0.138. The van der Waals surface area contributed by atoms with Crippen LogP contribution in [0.25, 0.3) is 0 Å². The summed E-state index contributed by atoms with van der Waals surface area (Å²) in [7, 11) is 0. The maximum absolute atomic E-state index is 12.4. The minimum absolute atomic E-state index is 0.144. The lowest BCUT2D eigenvalue weighted by Crippen LogP contribution is -2.49. The van der Waals surface area contributed by atoms with Crippen LogP contribution in [0.4, 0.5) is 0 Å². The number of rotatable bonds is 6. The van der Waals surface area contributed by atoms with E-state index in [1.807, 2.05) is 32.6 Å². The van der Waals surface area contributed by atoms with Crippen LogP contribution in [0.5, 0.6) is 0 Å². The van der Waals surface area contributed by atoms with Gasteiger partial charge in [0.1, 0.15) is 0 Å². The number of amides is 1. The smallest absolute Gasteiger partial charge is 0.303 e. The van der Waals surface area contributed by atoms with Gasteiger partial charge in [0.15, 0.2) is 0 Å². The molecule has 0 aromatic heterocycles. The Bertz CT molecular complexity index is 334. The highest BCUT2D eigenvalue weighted by atomic mass is 16.4. The summed E-state index contributed by atoms with van der Waals surface area (Å²) in [5, 5.41) is 8.87. The molecule has 1 rings (SSSR count). The van der Waals surface area contributed by atoms with Gasteiger partial charge in [0.25, 0.3) is 0 Å². The molecule has 0 radical (unpaired) electrons. The first kappa shape index (κ1) is 17.0. The first-order valence-electron chi connectivity index (χ1n) is 7.56. The van der Waals surface area contributed by atoms with Gasteiger partial charge in [-0.3, -0.25) is 14.5 Å². The molecule has 1 unspecified atom stereocenters. The fourth-order valence-corrected chi connectivity index (χ4v) is 3.15. The SMILES string of the molecule is CC(C)N(C(=O)CN1CCCC(CC(=O)O)C1)C(C)C. The molecule has 0 saturated carbocycles. The van der Waals surface area contributed by atoms with Gasteiger partial charge in [0.2, 0.25) is 5.91 Å². The van der Waals surface area contributed by atoms with E-state index in [-0.39, 0.29) is 30.3 Å².